The van der Waals surface area contributed by atoms with Crippen molar-refractivity contribution in [1.82, 2.24) is 4.98 Å². The summed E-state index contributed by atoms with van der Waals surface area (Å²) in [6.07, 6.45) is 1.58. The Bertz CT molecular complexity index is 1250. The van der Waals surface area contributed by atoms with E-state index < -0.39 is 17.7 Å². The van der Waals surface area contributed by atoms with Crippen molar-refractivity contribution < 1.29 is 28.9 Å². The van der Waals surface area contributed by atoms with Crippen LogP contribution in [0.15, 0.2) is 72.4 Å². The van der Waals surface area contributed by atoms with Gasteiger partial charge in [-0.2, -0.15) is 0 Å². The number of hydrogen-bond donors (Lipinski definition) is 1. The highest BCUT2D eigenvalue weighted by molar-refractivity contribution is 6.51. The van der Waals surface area contributed by atoms with Crippen molar-refractivity contribution >= 4 is 23.1 Å². The Morgan fingerprint density at radius 2 is 1.88 bits per heavy atom. The number of hydrogen-bond acceptors (Lipinski definition) is 7. The number of benzene rings is 2. The zero-order valence-corrected chi connectivity index (χ0v) is 17.7. The summed E-state index contributed by atoms with van der Waals surface area (Å²) in [6, 6.07) is 16.0. The third kappa shape index (κ3) is 3.55. The standard InChI is InChI=1S/C25H20N2O6/c1-2-31-17-9-6-15(7-10-17)23(28)21-22(18-5-3-4-12-26-18)27(25(30)24(21)29)16-8-11-19-20(13-16)33-14-32-19/h3-13,22,28H,2,14H2,1H3/b23-21+. The van der Waals surface area contributed by atoms with Gasteiger partial charge in [-0.3, -0.25) is 19.5 Å². The molecule has 33 heavy (non-hydrogen) atoms. The van der Waals surface area contributed by atoms with Gasteiger partial charge in [-0.05, 0) is 55.5 Å². The second-order valence-corrected chi connectivity index (χ2v) is 7.42. The van der Waals surface area contributed by atoms with E-state index in [1.807, 2.05) is 6.92 Å². The molecule has 8 nitrogen and oxygen atoms in total. The van der Waals surface area contributed by atoms with Crippen LogP contribution in [0.3, 0.4) is 0 Å². The molecule has 8 heteroatoms. The molecular formula is C25H20N2O6. The highest BCUT2D eigenvalue weighted by atomic mass is 16.7. The molecule has 0 spiro atoms. The average Bonchev–Trinajstić information content (AvgIpc) is 3.42. The van der Waals surface area contributed by atoms with Crippen LogP contribution in [-0.2, 0) is 9.59 Å². The first kappa shape index (κ1) is 20.6. The van der Waals surface area contributed by atoms with Crippen LogP contribution in [0.4, 0.5) is 5.69 Å². The number of rotatable bonds is 5. The molecule has 3 heterocycles. The third-order valence-corrected chi connectivity index (χ3v) is 5.49. The fourth-order valence-electron chi connectivity index (χ4n) is 3.98. The molecule has 0 aliphatic carbocycles. The van der Waals surface area contributed by atoms with E-state index in [9.17, 15) is 14.7 Å². The first-order valence-corrected chi connectivity index (χ1v) is 10.4. The van der Waals surface area contributed by atoms with E-state index in [0.717, 1.165) is 0 Å². The van der Waals surface area contributed by atoms with Crippen molar-refractivity contribution in [3.63, 3.8) is 0 Å². The van der Waals surface area contributed by atoms with E-state index >= 15 is 0 Å². The van der Waals surface area contributed by atoms with Gasteiger partial charge in [0.25, 0.3) is 11.7 Å². The van der Waals surface area contributed by atoms with E-state index in [-0.39, 0.29) is 18.1 Å². The Kier molecular flexibility index (Phi) is 5.18. The molecule has 0 bridgehead atoms. The summed E-state index contributed by atoms with van der Waals surface area (Å²) in [7, 11) is 0. The van der Waals surface area contributed by atoms with Crippen LogP contribution in [0.2, 0.25) is 0 Å². The van der Waals surface area contributed by atoms with Gasteiger partial charge < -0.3 is 19.3 Å². The van der Waals surface area contributed by atoms with Gasteiger partial charge >= 0.3 is 0 Å². The van der Waals surface area contributed by atoms with Crippen molar-refractivity contribution in [1.29, 1.82) is 0 Å². The molecule has 2 aliphatic heterocycles. The van der Waals surface area contributed by atoms with Crippen molar-refractivity contribution in [3.05, 3.63) is 83.7 Å². The predicted molar refractivity (Wildman–Crippen MR) is 119 cm³/mol. The number of pyridine rings is 1. The topological polar surface area (TPSA) is 98.2 Å². The van der Waals surface area contributed by atoms with E-state index in [4.69, 9.17) is 14.2 Å². The summed E-state index contributed by atoms with van der Waals surface area (Å²) in [6.45, 7) is 2.46. The fourth-order valence-corrected chi connectivity index (χ4v) is 3.98. The number of nitrogens with zero attached hydrogens (tertiary/aromatic N) is 2. The van der Waals surface area contributed by atoms with Crippen LogP contribution in [0.1, 0.15) is 24.2 Å². The number of carbonyl (C=O) groups is 2. The second-order valence-electron chi connectivity index (χ2n) is 7.42. The molecule has 5 rings (SSSR count). The summed E-state index contributed by atoms with van der Waals surface area (Å²) in [4.78, 5) is 32.1. The largest absolute Gasteiger partial charge is 0.507 e. The van der Waals surface area contributed by atoms with Gasteiger partial charge in [-0.15, -0.1) is 0 Å². The number of carbonyl (C=O) groups excluding carboxylic acids is 2. The lowest BCUT2D eigenvalue weighted by Crippen LogP contribution is -2.29. The normalized spacial score (nSPS) is 18.6. The van der Waals surface area contributed by atoms with Crippen LogP contribution in [-0.4, -0.2) is 35.2 Å². The molecule has 1 amide bonds. The van der Waals surface area contributed by atoms with Crippen LogP contribution in [0.25, 0.3) is 5.76 Å². The van der Waals surface area contributed by atoms with E-state index in [1.54, 1.807) is 66.9 Å². The Morgan fingerprint density at radius 3 is 2.61 bits per heavy atom. The monoisotopic (exact) mass is 444 g/mol. The maximum absolute atomic E-state index is 13.2. The maximum Gasteiger partial charge on any atom is 0.300 e. The molecule has 1 N–H and O–H groups in total. The summed E-state index contributed by atoms with van der Waals surface area (Å²) in [5, 5.41) is 11.1. The smallest absolute Gasteiger partial charge is 0.300 e. The lowest BCUT2D eigenvalue weighted by molar-refractivity contribution is -0.132. The molecule has 0 radical (unpaired) electrons. The maximum atomic E-state index is 13.2. The molecule has 2 aromatic carbocycles. The Labute approximate surface area is 189 Å². The summed E-state index contributed by atoms with van der Waals surface area (Å²) < 4.78 is 16.2. The molecular weight excluding hydrogens is 424 g/mol. The minimum Gasteiger partial charge on any atom is -0.507 e. The van der Waals surface area contributed by atoms with Crippen LogP contribution in [0.5, 0.6) is 17.2 Å². The van der Waals surface area contributed by atoms with Crippen molar-refractivity contribution in [2.75, 3.05) is 18.3 Å². The van der Waals surface area contributed by atoms with Gasteiger partial charge in [0.05, 0.1) is 17.9 Å². The number of anilines is 1. The minimum absolute atomic E-state index is 0.0412. The first-order valence-electron chi connectivity index (χ1n) is 10.4. The van der Waals surface area contributed by atoms with Crippen molar-refractivity contribution in [2.24, 2.45) is 0 Å². The van der Waals surface area contributed by atoms with E-state index in [2.05, 4.69) is 4.98 Å². The molecule has 2 aliphatic rings. The van der Waals surface area contributed by atoms with Gasteiger partial charge in [0.15, 0.2) is 11.5 Å². The second kappa shape index (κ2) is 8.31. The fraction of sp³-hybridized carbons (Fsp3) is 0.160. The third-order valence-electron chi connectivity index (χ3n) is 5.49. The zero-order chi connectivity index (χ0) is 22.9. The molecule has 1 unspecified atom stereocenters. The molecule has 1 atom stereocenters. The van der Waals surface area contributed by atoms with E-state index in [1.165, 1.54) is 4.90 Å². The summed E-state index contributed by atoms with van der Waals surface area (Å²) in [5.41, 5.74) is 1.23. The minimum atomic E-state index is -0.918. The number of ether oxygens (including phenoxy) is 3. The summed E-state index contributed by atoms with van der Waals surface area (Å²) in [5.74, 6) is -0.182. The van der Waals surface area contributed by atoms with Crippen LogP contribution in [0, 0.1) is 0 Å². The van der Waals surface area contributed by atoms with Crippen molar-refractivity contribution in [2.45, 2.75) is 13.0 Å². The molecule has 1 aromatic heterocycles. The van der Waals surface area contributed by atoms with Gasteiger partial charge in [0.2, 0.25) is 6.79 Å². The SMILES string of the molecule is CCOc1ccc(/C(O)=C2\C(=O)C(=O)N(c3ccc4c(c3)OCO4)C2c2ccccn2)cc1. The Hall–Kier alpha value is -4.33. The average molecular weight is 444 g/mol. The summed E-state index contributed by atoms with van der Waals surface area (Å²) >= 11 is 0. The van der Waals surface area contributed by atoms with Gasteiger partial charge in [0, 0.05) is 23.5 Å². The molecule has 0 saturated carbocycles. The lowest BCUT2D eigenvalue weighted by Gasteiger charge is -2.24. The van der Waals surface area contributed by atoms with E-state index in [0.29, 0.717) is 40.8 Å². The predicted octanol–water partition coefficient (Wildman–Crippen LogP) is 3.84. The highest BCUT2D eigenvalue weighted by Crippen LogP contribution is 2.44. The van der Waals surface area contributed by atoms with Crippen LogP contribution < -0.4 is 19.1 Å². The Balaban J connectivity index is 1.65. The molecule has 1 saturated heterocycles. The molecule has 1 fully saturated rings. The number of aliphatic hydroxyl groups is 1. The molecule has 166 valence electrons. The Morgan fingerprint density at radius 1 is 1.09 bits per heavy atom. The van der Waals surface area contributed by atoms with Gasteiger partial charge in [-0.1, -0.05) is 6.07 Å². The number of Topliss-reactive ketones (excluding diaryl/α,β-unsaturated/α-hetero) is 1. The number of ketones is 1. The van der Waals surface area contributed by atoms with Crippen molar-refractivity contribution in [3.8, 4) is 17.2 Å². The highest BCUT2D eigenvalue weighted by Gasteiger charge is 2.47. The quantitative estimate of drug-likeness (QED) is 0.363. The number of amides is 1. The number of aromatic nitrogens is 1. The number of fused-ring (bicyclic) bond motifs is 1. The zero-order valence-electron chi connectivity index (χ0n) is 17.7. The van der Waals surface area contributed by atoms with Crippen LogP contribution >= 0.6 is 0 Å². The first-order chi connectivity index (χ1) is 16.1. The lowest BCUT2D eigenvalue weighted by atomic mass is 9.98. The number of aliphatic hydroxyl groups excluding tert-OH is 1. The van der Waals surface area contributed by atoms with Gasteiger partial charge in [0.1, 0.15) is 17.6 Å². The molecule has 3 aromatic rings. The van der Waals surface area contributed by atoms with Gasteiger partial charge in [-0.25, -0.2) is 0 Å².